The Morgan fingerprint density at radius 1 is 1.06 bits per heavy atom. The van der Waals surface area contributed by atoms with Gasteiger partial charge in [0.2, 0.25) is 0 Å². The molecule has 0 spiro atoms. The first-order valence-corrected chi connectivity index (χ1v) is 6.92. The molecule has 1 saturated carbocycles. The molecule has 2 aliphatic rings. The van der Waals surface area contributed by atoms with Crippen LogP contribution < -0.4 is 0 Å². The molecule has 2 atom stereocenters. The van der Waals surface area contributed by atoms with Gasteiger partial charge in [-0.25, -0.2) is 0 Å². The zero-order valence-corrected chi connectivity index (χ0v) is 11.1. The minimum absolute atomic E-state index is 0.0915. The summed E-state index contributed by atoms with van der Waals surface area (Å²) in [4.78, 5) is 2.61. The number of rotatable bonds is 1. The van der Waals surface area contributed by atoms with Crippen LogP contribution in [0.3, 0.4) is 0 Å². The Labute approximate surface area is 100 Å². The zero-order valence-electron chi connectivity index (χ0n) is 11.1. The van der Waals surface area contributed by atoms with Gasteiger partial charge >= 0.3 is 0 Å². The molecule has 0 bridgehead atoms. The van der Waals surface area contributed by atoms with E-state index >= 15 is 0 Å². The van der Waals surface area contributed by atoms with Crippen LogP contribution in [0.15, 0.2) is 0 Å². The van der Waals surface area contributed by atoms with Gasteiger partial charge < -0.3 is 5.11 Å². The molecule has 0 amide bonds. The third kappa shape index (κ3) is 2.60. The number of aliphatic hydroxyl groups is 1. The topological polar surface area (TPSA) is 23.5 Å². The molecule has 2 rings (SSSR count). The van der Waals surface area contributed by atoms with Crippen LogP contribution in [0.25, 0.3) is 0 Å². The summed E-state index contributed by atoms with van der Waals surface area (Å²) >= 11 is 0. The van der Waals surface area contributed by atoms with Crippen molar-refractivity contribution in [1.82, 2.24) is 4.90 Å². The van der Waals surface area contributed by atoms with Crippen LogP contribution >= 0.6 is 0 Å². The second-order valence-corrected chi connectivity index (χ2v) is 6.76. The Morgan fingerprint density at radius 3 is 2.25 bits per heavy atom. The molecule has 2 nitrogen and oxygen atoms in total. The maximum absolute atomic E-state index is 9.92. The molecule has 0 aromatic carbocycles. The highest BCUT2D eigenvalue weighted by Gasteiger charge is 2.41. The van der Waals surface area contributed by atoms with Gasteiger partial charge in [0.1, 0.15) is 0 Å². The monoisotopic (exact) mass is 225 g/mol. The normalized spacial score (nSPS) is 34.5. The Bertz CT molecular complexity index is 227. The second kappa shape index (κ2) is 4.66. The summed E-state index contributed by atoms with van der Waals surface area (Å²) in [6.07, 6.45) is 7.75. The fourth-order valence-corrected chi connectivity index (χ4v) is 3.51. The first-order chi connectivity index (χ1) is 7.48. The Balaban J connectivity index is 2.05. The van der Waals surface area contributed by atoms with Crippen molar-refractivity contribution in [2.45, 2.75) is 77.5 Å². The molecule has 16 heavy (non-hydrogen) atoms. The van der Waals surface area contributed by atoms with Gasteiger partial charge in [0.05, 0.1) is 6.10 Å². The van der Waals surface area contributed by atoms with Gasteiger partial charge in [0.15, 0.2) is 0 Å². The molecule has 1 N–H and O–H groups in total. The SMILES string of the molecule is CC(C)(C)C1C[C@@H](O)CN1C1CCCCC1. The van der Waals surface area contributed by atoms with Gasteiger partial charge in [-0.05, 0) is 24.7 Å². The number of nitrogens with zero attached hydrogens (tertiary/aromatic N) is 1. The van der Waals surface area contributed by atoms with Crippen LogP contribution in [0.2, 0.25) is 0 Å². The smallest absolute Gasteiger partial charge is 0.0682 e. The maximum Gasteiger partial charge on any atom is 0.0682 e. The average Bonchev–Trinajstić information content (AvgIpc) is 2.61. The van der Waals surface area contributed by atoms with E-state index in [-0.39, 0.29) is 6.10 Å². The fraction of sp³-hybridized carbons (Fsp3) is 1.00. The van der Waals surface area contributed by atoms with Crippen molar-refractivity contribution in [3.05, 3.63) is 0 Å². The van der Waals surface area contributed by atoms with Crippen LogP contribution in [0.1, 0.15) is 59.3 Å². The molecule has 1 aliphatic carbocycles. The second-order valence-electron chi connectivity index (χ2n) is 6.76. The number of β-amino-alcohol motifs (C(OH)–C–C–N with tert-alkyl or cyclic N) is 1. The first kappa shape index (κ1) is 12.4. The van der Waals surface area contributed by atoms with Gasteiger partial charge in [0, 0.05) is 18.6 Å². The molecule has 0 radical (unpaired) electrons. The third-order valence-electron chi connectivity index (χ3n) is 4.36. The first-order valence-electron chi connectivity index (χ1n) is 6.92. The summed E-state index contributed by atoms with van der Waals surface area (Å²) in [5.41, 5.74) is 0.301. The van der Waals surface area contributed by atoms with Crippen molar-refractivity contribution in [1.29, 1.82) is 0 Å². The largest absolute Gasteiger partial charge is 0.392 e. The lowest BCUT2D eigenvalue weighted by Gasteiger charge is -2.41. The molecule has 2 fully saturated rings. The molecule has 0 aromatic rings. The fourth-order valence-electron chi connectivity index (χ4n) is 3.51. The van der Waals surface area contributed by atoms with E-state index in [4.69, 9.17) is 0 Å². The van der Waals surface area contributed by atoms with Gasteiger partial charge in [0.25, 0.3) is 0 Å². The average molecular weight is 225 g/mol. The molecule has 1 heterocycles. The highest BCUT2D eigenvalue weighted by Crippen LogP contribution is 2.37. The summed E-state index contributed by atoms with van der Waals surface area (Å²) < 4.78 is 0. The predicted octanol–water partition coefficient (Wildman–Crippen LogP) is 2.80. The molecule has 94 valence electrons. The number of aliphatic hydroxyl groups excluding tert-OH is 1. The van der Waals surface area contributed by atoms with E-state index in [2.05, 4.69) is 25.7 Å². The Morgan fingerprint density at radius 2 is 1.69 bits per heavy atom. The summed E-state index contributed by atoms with van der Waals surface area (Å²) in [6.45, 7) is 7.84. The van der Waals surface area contributed by atoms with Crippen molar-refractivity contribution in [2.24, 2.45) is 5.41 Å². The number of hydrogen-bond acceptors (Lipinski definition) is 2. The van der Waals surface area contributed by atoms with Gasteiger partial charge in [-0.15, -0.1) is 0 Å². The van der Waals surface area contributed by atoms with E-state index in [0.29, 0.717) is 11.5 Å². The van der Waals surface area contributed by atoms with Gasteiger partial charge in [-0.3, -0.25) is 4.90 Å². The van der Waals surface area contributed by atoms with E-state index < -0.39 is 0 Å². The molecule has 2 heteroatoms. The minimum atomic E-state index is -0.0915. The molecular formula is C14H27NO. The molecule has 1 unspecified atom stereocenters. The van der Waals surface area contributed by atoms with Gasteiger partial charge in [-0.1, -0.05) is 40.0 Å². The third-order valence-corrected chi connectivity index (χ3v) is 4.36. The zero-order chi connectivity index (χ0) is 11.8. The predicted molar refractivity (Wildman–Crippen MR) is 67.4 cm³/mol. The minimum Gasteiger partial charge on any atom is -0.392 e. The van der Waals surface area contributed by atoms with E-state index in [1.807, 2.05) is 0 Å². The lowest BCUT2D eigenvalue weighted by atomic mass is 9.83. The van der Waals surface area contributed by atoms with E-state index in [0.717, 1.165) is 19.0 Å². The quantitative estimate of drug-likeness (QED) is 0.742. The lowest BCUT2D eigenvalue weighted by Crippen LogP contribution is -2.46. The van der Waals surface area contributed by atoms with Crippen molar-refractivity contribution in [3.63, 3.8) is 0 Å². The van der Waals surface area contributed by atoms with Crippen LogP contribution in [0.5, 0.6) is 0 Å². The standard InChI is InChI=1S/C14H27NO/c1-14(2,3)13-9-12(16)10-15(13)11-7-5-4-6-8-11/h11-13,16H,4-10H2,1-3H3/t12-,13?/m1/s1. The summed E-state index contributed by atoms with van der Waals surface area (Å²) in [7, 11) is 0. The molecular weight excluding hydrogens is 198 g/mol. The van der Waals surface area contributed by atoms with Crippen LogP contribution in [0.4, 0.5) is 0 Å². The van der Waals surface area contributed by atoms with Crippen LogP contribution in [-0.2, 0) is 0 Å². The van der Waals surface area contributed by atoms with E-state index in [1.165, 1.54) is 32.1 Å². The van der Waals surface area contributed by atoms with Crippen LogP contribution in [-0.4, -0.2) is 34.7 Å². The summed E-state index contributed by atoms with van der Waals surface area (Å²) in [5, 5.41) is 9.92. The molecule has 1 aliphatic heterocycles. The van der Waals surface area contributed by atoms with Crippen LogP contribution in [0, 0.1) is 5.41 Å². The van der Waals surface area contributed by atoms with Crippen molar-refractivity contribution < 1.29 is 5.11 Å². The highest BCUT2D eigenvalue weighted by atomic mass is 16.3. The van der Waals surface area contributed by atoms with Crippen molar-refractivity contribution in [3.8, 4) is 0 Å². The summed E-state index contributed by atoms with van der Waals surface area (Å²) in [5.74, 6) is 0. The molecule has 1 saturated heterocycles. The Kier molecular flexibility index (Phi) is 3.60. The van der Waals surface area contributed by atoms with E-state index in [9.17, 15) is 5.11 Å². The maximum atomic E-state index is 9.92. The van der Waals surface area contributed by atoms with Crippen molar-refractivity contribution in [2.75, 3.05) is 6.54 Å². The summed E-state index contributed by atoms with van der Waals surface area (Å²) in [6, 6.07) is 1.32. The number of likely N-dealkylation sites (tertiary alicyclic amines) is 1. The van der Waals surface area contributed by atoms with E-state index in [1.54, 1.807) is 0 Å². The van der Waals surface area contributed by atoms with Gasteiger partial charge in [-0.2, -0.15) is 0 Å². The van der Waals surface area contributed by atoms with Crippen molar-refractivity contribution >= 4 is 0 Å². The Hall–Kier alpha value is -0.0800. The highest BCUT2D eigenvalue weighted by molar-refractivity contribution is 4.95. The number of hydrogen-bond donors (Lipinski definition) is 1. The molecule has 0 aromatic heterocycles. The lowest BCUT2D eigenvalue weighted by molar-refractivity contribution is 0.0744.